The Hall–Kier alpha value is -2.63. The second-order valence-corrected chi connectivity index (χ2v) is 4.35. The van der Waals surface area contributed by atoms with Crippen LogP contribution in [0.2, 0.25) is 0 Å². The van der Waals surface area contributed by atoms with E-state index in [9.17, 15) is 19.5 Å². The van der Waals surface area contributed by atoms with Gasteiger partial charge in [-0.15, -0.1) is 0 Å². The molecule has 0 aliphatic heterocycles. The first kappa shape index (κ1) is 13.8. The third kappa shape index (κ3) is 2.40. The van der Waals surface area contributed by atoms with E-state index in [1.165, 1.54) is 4.57 Å². The summed E-state index contributed by atoms with van der Waals surface area (Å²) in [6, 6.07) is 7.04. The molecule has 0 fully saturated rings. The number of carboxylic acids is 1. The minimum atomic E-state index is -1.13. The maximum atomic E-state index is 11.6. The van der Waals surface area contributed by atoms with E-state index < -0.39 is 17.9 Å². The standard InChI is InChI=1S/C14H13NO5/c1-8(16)20-12(17)7-10-9-5-3-4-6-11(9)15(2)13(10)14(18)19/h3-6H,7H2,1-2H3,(H,18,19). The lowest BCUT2D eigenvalue weighted by Gasteiger charge is -2.02. The van der Waals surface area contributed by atoms with Gasteiger partial charge in [0.05, 0.1) is 6.42 Å². The Kier molecular flexibility index (Phi) is 3.56. The molecule has 1 aromatic heterocycles. The number of esters is 2. The monoisotopic (exact) mass is 275 g/mol. The Morgan fingerprint density at radius 2 is 1.90 bits per heavy atom. The van der Waals surface area contributed by atoms with Crippen LogP contribution in [0.4, 0.5) is 0 Å². The van der Waals surface area contributed by atoms with Crippen LogP contribution in [0.5, 0.6) is 0 Å². The predicted octanol–water partition coefficient (Wildman–Crippen LogP) is 1.51. The lowest BCUT2D eigenvalue weighted by molar-refractivity contribution is -0.157. The van der Waals surface area contributed by atoms with Gasteiger partial charge in [0.25, 0.3) is 0 Å². The van der Waals surface area contributed by atoms with E-state index in [4.69, 9.17) is 0 Å². The molecule has 2 aromatic rings. The van der Waals surface area contributed by atoms with Gasteiger partial charge >= 0.3 is 17.9 Å². The van der Waals surface area contributed by atoms with Gasteiger partial charge in [0.2, 0.25) is 0 Å². The fraction of sp³-hybridized carbons (Fsp3) is 0.214. The van der Waals surface area contributed by atoms with E-state index in [2.05, 4.69) is 4.74 Å². The Bertz CT molecular complexity index is 714. The lowest BCUT2D eigenvalue weighted by atomic mass is 10.1. The first-order valence-corrected chi connectivity index (χ1v) is 5.92. The van der Waals surface area contributed by atoms with Crippen molar-refractivity contribution in [3.8, 4) is 0 Å². The molecule has 0 saturated carbocycles. The molecule has 0 bridgehead atoms. The zero-order valence-corrected chi connectivity index (χ0v) is 11.0. The van der Waals surface area contributed by atoms with Crippen molar-refractivity contribution in [3.05, 3.63) is 35.5 Å². The van der Waals surface area contributed by atoms with Crippen molar-refractivity contribution in [2.45, 2.75) is 13.3 Å². The molecule has 1 heterocycles. The quantitative estimate of drug-likeness (QED) is 0.677. The first-order valence-electron chi connectivity index (χ1n) is 5.92. The fourth-order valence-electron chi connectivity index (χ4n) is 2.26. The van der Waals surface area contributed by atoms with E-state index in [0.29, 0.717) is 16.5 Å². The summed E-state index contributed by atoms with van der Waals surface area (Å²) in [5.41, 5.74) is 1.07. The van der Waals surface area contributed by atoms with Crippen molar-refractivity contribution >= 4 is 28.8 Å². The maximum Gasteiger partial charge on any atom is 0.352 e. The molecular weight excluding hydrogens is 262 g/mol. The third-order valence-electron chi connectivity index (χ3n) is 2.99. The van der Waals surface area contributed by atoms with E-state index in [1.54, 1.807) is 31.3 Å². The number of rotatable bonds is 3. The SMILES string of the molecule is CC(=O)OC(=O)Cc1c(C(=O)O)n(C)c2ccccc12. The van der Waals surface area contributed by atoms with E-state index in [1.807, 2.05) is 0 Å². The maximum absolute atomic E-state index is 11.6. The molecule has 0 saturated heterocycles. The second-order valence-electron chi connectivity index (χ2n) is 4.35. The van der Waals surface area contributed by atoms with Crippen molar-refractivity contribution < 1.29 is 24.2 Å². The van der Waals surface area contributed by atoms with Gasteiger partial charge in [-0.25, -0.2) is 4.79 Å². The van der Waals surface area contributed by atoms with Gasteiger partial charge in [-0.05, 0) is 6.07 Å². The Balaban J connectivity index is 2.55. The van der Waals surface area contributed by atoms with Crippen LogP contribution >= 0.6 is 0 Å². The summed E-state index contributed by atoms with van der Waals surface area (Å²) < 4.78 is 5.98. The molecule has 20 heavy (non-hydrogen) atoms. The summed E-state index contributed by atoms with van der Waals surface area (Å²) >= 11 is 0. The second kappa shape index (κ2) is 5.16. The van der Waals surface area contributed by atoms with E-state index in [0.717, 1.165) is 6.92 Å². The number of fused-ring (bicyclic) bond motifs is 1. The molecule has 2 rings (SSSR count). The molecule has 6 heteroatoms. The molecular formula is C14H13NO5. The molecule has 0 aliphatic carbocycles. The summed E-state index contributed by atoms with van der Waals surface area (Å²) in [4.78, 5) is 33.7. The average Bonchev–Trinajstić information content (AvgIpc) is 2.62. The normalized spacial score (nSPS) is 10.5. The molecule has 0 spiro atoms. The minimum Gasteiger partial charge on any atom is -0.477 e. The number of aromatic nitrogens is 1. The summed E-state index contributed by atoms with van der Waals surface area (Å²) in [7, 11) is 1.62. The van der Waals surface area contributed by atoms with Gasteiger partial charge in [-0.2, -0.15) is 0 Å². The molecule has 0 unspecified atom stereocenters. The zero-order chi connectivity index (χ0) is 14.9. The predicted molar refractivity (Wildman–Crippen MR) is 70.4 cm³/mol. The van der Waals surface area contributed by atoms with Crippen molar-refractivity contribution in [2.24, 2.45) is 7.05 Å². The van der Waals surface area contributed by atoms with Crippen molar-refractivity contribution in [1.29, 1.82) is 0 Å². The van der Waals surface area contributed by atoms with Crippen LogP contribution in [0, 0.1) is 0 Å². The molecule has 0 amide bonds. The Labute approximate surface area is 114 Å². The summed E-state index contributed by atoms with van der Waals surface area (Å²) in [6.07, 6.45) is -0.261. The van der Waals surface area contributed by atoms with Crippen LogP contribution in [0.15, 0.2) is 24.3 Å². The van der Waals surface area contributed by atoms with Gasteiger partial charge < -0.3 is 14.4 Å². The molecule has 6 nitrogen and oxygen atoms in total. The zero-order valence-electron chi connectivity index (χ0n) is 11.0. The highest BCUT2D eigenvalue weighted by atomic mass is 16.6. The number of hydrogen-bond donors (Lipinski definition) is 1. The number of ether oxygens (including phenoxy) is 1. The molecule has 104 valence electrons. The van der Waals surface area contributed by atoms with Crippen LogP contribution in [-0.2, 0) is 27.8 Å². The Morgan fingerprint density at radius 3 is 2.50 bits per heavy atom. The number of carboxylic acid groups (broad SMARTS) is 1. The molecule has 0 aliphatic rings. The van der Waals surface area contributed by atoms with Crippen molar-refractivity contribution in [1.82, 2.24) is 4.57 Å². The molecule has 0 atom stereocenters. The largest absolute Gasteiger partial charge is 0.477 e. The molecule has 0 radical (unpaired) electrons. The van der Waals surface area contributed by atoms with Gasteiger partial charge in [0.1, 0.15) is 5.69 Å². The number of carbonyl (C=O) groups excluding carboxylic acids is 2. The van der Waals surface area contributed by atoms with Crippen LogP contribution in [-0.4, -0.2) is 27.6 Å². The highest BCUT2D eigenvalue weighted by Crippen LogP contribution is 2.26. The van der Waals surface area contributed by atoms with Gasteiger partial charge in [0, 0.05) is 30.4 Å². The number of para-hydroxylation sites is 1. The number of hydrogen-bond acceptors (Lipinski definition) is 4. The summed E-state index contributed by atoms with van der Waals surface area (Å²) in [5.74, 6) is -2.61. The van der Waals surface area contributed by atoms with Gasteiger partial charge in [0.15, 0.2) is 0 Å². The fourth-order valence-corrected chi connectivity index (χ4v) is 2.26. The van der Waals surface area contributed by atoms with Gasteiger partial charge in [-0.1, -0.05) is 18.2 Å². The molecule has 1 aromatic carbocycles. The van der Waals surface area contributed by atoms with Gasteiger partial charge in [-0.3, -0.25) is 9.59 Å². The first-order chi connectivity index (χ1) is 9.41. The smallest absolute Gasteiger partial charge is 0.352 e. The topological polar surface area (TPSA) is 85.6 Å². The molecule has 1 N–H and O–H groups in total. The number of aryl methyl sites for hydroxylation is 1. The summed E-state index contributed by atoms with van der Waals surface area (Å²) in [6.45, 7) is 1.12. The number of carbonyl (C=O) groups is 3. The van der Waals surface area contributed by atoms with Crippen molar-refractivity contribution in [2.75, 3.05) is 0 Å². The van der Waals surface area contributed by atoms with Crippen LogP contribution < -0.4 is 0 Å². The third-order valence-corrected chi connectivity index (χ3v) is 2.99. The van der Waals surface area contributed by atoms with Crippen molar-refractivity contribution in [3.63, 3.8) is 0 Å². The highest BCUT2D eigenvalue weighted by Gasteiger charge is 2.23. The lowest BCUT2D eigenvalue weighted by Crippen LogP contribution is -2.14. The summed E-state index contributed by atoms with van der Waals surface area (Å²) in [5, 5.41) is 9.96. The van der Waals surface area contributed by atoms with Crippen LogP contribution in [0.25, 0.3) is 10.9 Å². The Morgan fingerprint density at radius 1 is 1.25 bits per heavy atom. The van der Waals surface area contributed by atoms with Crippen LogP contribution in [0.3, 0.4) is 0 Å². The number of benzene rings is 1. The van der Waals surface area contributed by atoms with Crippen LogP contribution in [0.1, 0.15) is 23.0 Å². The minimum absolute atomic E-state index is 0.0201. The van der Waals surface area contributed by atoms with E-state index in [-0.39, 0.29) is 12.1 Å². The number of aromatic carboxylic acids is 1. The highest BCUT2D eigenvalue weighted by molar-refractivity contribution is 6.00. The number of nitrogens with zero attached hydrogens (tertiary/aromatic N) is 1. The van der Waals surface area contributed by atoms with E-state index >= 15 is 0 Å². The average molecular weight is 275 g/mol.